The minimum absolute atomic E-state index is 0.00851. The first-order valence-electron chi connectivity index (χ1n) is 9.00. The lowest BCUT2D eigenvalue weighted by molar-refractivity contribution is 0.0649. The summed E-state index contributed by atoms with van der Waals surface area (Å²) >= 11 is 0. The predicted octanol–water partition coefficient (Wildman–Crippen LogP) is 2.54. The largest absolute Gasteiger partial charge is 0.493 e. The van der Waals surface area contributed by atoms with Crippen molar-refractivity contribution in [2.45, 2.75) is 39.3 Å². The van der Waals surface area contributed by atoms with Crippen LogP contribution in [0.3, 0.4) is 0 Å². The second kappa shape index (κ2) is 9.25. The summed E-state index contributed by atoms with van der Waals surface area (Å²) in [5, 5.41) is 9.97. The van der Waals surface area contributed by atoms with E-state index >= 15 is 0 Å². The van der Waals surface area contributed by atoms with Crippen LogP contribution in [-0.2, 0) is 0 Å². The van der Waals surface area contributed by atoms with E-state index in [9.17, 15) is 5.11 Å². The van der Waals surface area contributed by atoms with Gasteiger partial charge in [-0.2, -0.15) is 0 Å². The molecule has 1 saturated heterocycles. The molecule has 0 saturated carbocycles. The third-order valence-electron chi connectivity index (χ3n) is 4.50. The second-order valence-electron chi connectivity index (χ2n) is 6.65. The highest BCUT2D eigenvalue weighted by Crippen LogP contribution is 2.33. The fraction of sp³-hybridized carbons (Fsp3) is 0.684. The Balaban J connectivity index is 2.12. The quantitative estimate of drug-likeness (QED) is 0.790. The lowest BCUT2D eigenvalue weighted by Crippen LogP contribution is -2.48. The van der Waals surface area contributed by atoms with Crippen molar-refractivity contribution >= 4 is 0 Å². The van der Waals surface area contributed by atoms with Gasteiger partial charge in [0.25, 0.3) is 0 Å². The van der Waals surface area contributed by atoms with Crippen LogP contribution in [0, 0.1) is 0 Å². The number of piperazine rings is 1. The minimum Gasteiger partial charge on any atom is -0.493 e. The van der Waals surface area contributed by atoms with Crippen LogP contribution in [0.1, 0.15) is 38.8 Å². The predicted molar refractivity (Wildman–Crippen MR) is 96.9 cm³/mol. The first-order chi connectivity index (χ1) is 11.6. The van der Waals surface area contributed by atoms with Crippen LogP contribution >= 0.6 is 0 Å². The van der Waals surface area contributed by atoms with Crippen LogP contribution in [-0.4, -0.2) is 67.5 Å². The summed E-state index contributed by atoms with van der Waals surface area (Å²) in [6.45, 7) is 11.6. The Morgan fingerprint density at radius 2 is 1.83 bits per heavy atom. The summed E-state index contributed by atoms with van der Waals surface area (Å²) < 4.78 is 11.3. The monoisotopic (exact) mass is 336 g/mol. The Hall–Kier alpha value is -1.30. The molecule has 1 unspecified atom stereocenters. The van der Waals surface area contributed by atoms with Crippen molar-refractivity contribution in [3.8, 4) is 11.5 Å². The lowest BCUT2D eigenvalue weighted by Gasteiger charge is -2.39. The molecular formula is C19H32N2O3. The topological polar surface area (TPSA) is 45.2 Å². The number of hydrogen-bond acceptors (Lipinski definition) is 5. The Morgan fingerprint density at radius 3 is 2.38 bits per heavy atom. The van der Waals surface area contributed by atoms with Crippen molar-refractivity contribution in [3.63, 3.8) is 0 Å². The van der Waals surface area contributed by atoms with E-state index in [0.717, 1.165) is 49.8 Å². The van der Waals surface area contributed by atoms with Gasteiger partial charge in [-0.1, -0.05) is 13.0 Å². The zero-order valence-electron chi connectivity index (χ0n) is 15.5. The molecule has 2 rings (SSSR count). The highest BCUT2D eigenvalue weighted by molar-refractivity contribution is 5.44. The third kappa shape index (κ3) is 4.85. The van der Waals surface area contributed by atoms with Gasteiger partial charge in [0, 0.05) is 26.2 Å². The van der Waals surface area contributed by atoms with Crippen molar-refractivity contribution < 1.29 is 14.6 Å². The first kappa shape index (κ1) is 19.0. The highest BCUT2D eigenvalue weighted by atomic mass is 16.5. The number of methoxy groups -OCH3 is 1. The highest BCUT2D eigenvalue weighted by Gasteiger charge is 2.25. The fourth-order valence-electron chi connectivity index (χ4n) is 3.29. The van der Waals surface area contributed by atoms with E-state index in [1.54, 1.807) is 7.11 Å². The molecule has 1 atom stereocenters. The molecule has 1 fully saturated rings. The maximum absolute atomic E-state index is 9.97. The van der Waals surface area contributed by atoms with Crippen LogP contribution in [0.5, 0.6) is 11.5 Å². The average molecular weight is 336 g/mol. The van der Waals surface area contributed by atoms with Crippen LogP contribution in [0.15, 0.2) is 18.2 Å². The molecule has 0 amide bonds. The summed E-state index contributed by atoms with van der Waals surface area (Å²) in [5.74, 6) is 1.48. The smallest absolute Gasteiger partial charge is 0.161 e. The Labute approximate surface area is 146 Å². The molecule has 0 aliphatic carbocycles. The molecule has 0 bridgehead atoms. The van der Waals surface area contributed by atoms with Gasteiger partial charge in [0.05, 0.1) is 25.9 Å². The maximum atomic E-state index is 9.97. The number of rotatable bonds is 8. The molecule has 0 radical (unpaired) electrons. The van der Waals surface area contributed by atoms with Gasteiger partial charge in [0.2, 0.25) is 0 Å². The van der Waals surface area contributed by atoms with Crippen molar-refractivity contribution in [1.82, 2.24) is 9.80 Å². The van der Waals surface area contributed by atoms with E-state index in [4.69, 9.17) is 9.47 Å². The van der Waals surface area contributed by atoms with Gasteiger partial charge < -0.3 is 19.5 Å². The summed E-state index contributed by atoms with van der Waals surface area (Å²) in [7, 11) is 1.65. The molecule has 1 aliphatic heterocycles. The fourth-order valence-corrected chi connectivity index (χ4v) is 3.29. The normalized spacial score (nSPS) is 17.9. The van der Waals surface area contributed by atoms with Gasteiger partial charge in [0.1, 0.15) is 0 Å². The van der Waals surface area contributed by atoms with Crippen molar-refractivity contribution in [2.75, 3.05) is 46.4 Å². The standard InChI is InChI=1S/C19H32N2O3/c1-5-8-20-9-11-21(12-10-20)17(14-22)16-6-7-18(23-4)19(13-16)24-15(2)3/h6-7,13,15,17,22H,5,8-12,14H2,1-4H3. The van der Waals surface area contributed by atoms with Gasteiger partial charge >= 0.3 is 0 Å². The van der Waals surface area contributed by atoms with Crippen LogP contribution in [0.4, 0.5) is 0 Å². The second-order valence-corrected chi connectivity index (χ2v) is 6.65. The maximum Gasteiger partial charge on any atom is 0.161 e. The van der Waals surface area contributed by atoms with Crippen LogP contribution < -0.4 is 9.47 Å². The summed E-state index contributed by atoms with van der Waals surface area (Å²) in [6.07, 6.45) is 1.27. The van der Waals surface area contributed by atoms with Gasteiger partial charge in [0.15, 0.2) is 11.5 Å². The third-order valence-corrected chi connectivity index (χ3v) is 4.50. The van der Waals surface area contributed by atoms with Gasteiger partial charge in [-0.25, -0.2) is 0 Å². The van der Waals surface area contributed by atoms with E-state index in [0.29, 0.717) is 0 Å². The van der Waals surface area contributed by atoms with Crippen molar-refractivity contribution in [1.29, 1.82) is 0 Å². The van der Waals surface area contributed by atoms with Crippen molar-refractivity contribution in [3.05, 3.63) is 23.8 Å². The first-order valence-corrected chi connectivity index (χ1v) is 9.00. The average Bonchev–Trinajstić information content (AvgIpc) is 2.57. The molecule has 5 heteroatoms. The number of ether oxygens (including phenoxy) is 2. The van der Waals surface area contributed by atoms with E-state index in [1.807, 2.05) is 32.0 Å². The number of benzene rings is 1. The van der Waals surface area contributed by atoms with Crippen molar-refractivity contribution in [2.24, 2.45) is 0 Å². The molecule has 1 aromatic rings. The molecule has 1 heterocycles. The zero-order chi connectivity index (χ0) is 17.5. The molecule has 0 spiro atoms. The molecule has 0 aromatic heterocycles. The SMILES string of the molecule is CCCN1CCN(C(CO)c2ccc(OC)c(OC(C)C)c2)CC1. The molecule has 136 valence electrons. The summed E-state index contributed by atoms with van der Waals surface area (Å²) in [6, 6.07) is 5.99. The van der Waals surface area contributed by atoms with Crippen LogP contribution in [0.2, 0.25) is 0 Å². The lowest BCUT2D eigenvalue weighted by atomic mass is 10.0. The summed E-state index contributed by atoms with van der Waals surface area (Å²) in [5.41, 5.74) is 1.08. The Kier molecular flexibility index (Phi) is 7.34. The minimum atomic E-state index is 0.00851. The molecule has 1 aromatic carbocycles. The molecule has 1 aliphatic rings. The molecule has 24 heavy (non-hydrogen) atoms. The number of aliphatic hydroxyl groups excluding tert-OH is 1. The molecule has 1 N–H and O–H groups in total. The molecule has 5 nitrogen and oxygen atoms in total. The molecular weight excluding hydrogens is 304 g/mol. The van der Waals surface area contributed by atoms with E-state index in [1.165, 1.54) is 6.42 Å². The Bertz CT molecular complexity index is 499. The Morgan fingerprint density at radius 1 is 1.12 bits per heavy atom. The number of hydrogen-bond donors (Lipinski definition) is 1. The zero-order valence-corrected chi connectivity index (χ0v) is 15.5. The number of aliphatic hydroxyl groups is 1. The summed E-state index contributed by atoms with van der Waals surface area (Å²) in [4.78, 5) is 4.86. The van der Waals surface area contributed by atoms with E-state index < -0.39 is 0 Å². The van der Waals surface area contributed by atoms with E-state index in [2.05, 4.69) is 16.7 Å². The van der Waals surface area contributed by atoms with Crippen LogP contribution in [0.25, 0.3) is 0 Å². The van der Waals surface area contributed by atoms with Gasteiger partial charge in [-0.15, -0.1) is 0 Å². The number of nitrogens with zero attached hydrogens (tertiary/aromatic N) is 2. The van der Waals surface area contributed by atoms with Gasteiger partial charge in [-0.05, 0) is 44.5 Å². The van der Waals surface area contributed by atoms with Gasteiger partial charge in [-0.3, -0.25) is 4.90 Å². The van der Waals surface area contributed by atoms with E-state index in [-0.39, 0.29) is 18.8 Å².